The standard InChI is InChI=1S/C10H9Br2N3/c1-6-5-13-10(14-6)15-9-7(11)3-2-4-8(9)12/h2-5H,1H3,(H2,13,14,15). The molecule has 3 nitrogen and oxygen atoms in total. The van der Waals surface area contributed by atoms with Crippen molar-refractivity contribution in [3.63, 3.8) is 0 Å². The SMILES string of the molecule is Cc1cnc(Nc2c(Br)cccc2Br)[nH]1. The molecule has 0 spiro atoms. The minimum Gasteiger partial charge on any atom is -0.328 e. The Morgan fingerprint density at radius 3 is 2.47 bits per heavy atom. The van der Waals surface area contributed by atoms with Crippen LogP contribution in [0, 0.1) is 6.92 Å². The molecule has 2 rings (SSSR count). The van der Waals surface area contributed by atoms with Gasteiger partial charge in [-0.15, -0.1) is 0 Å². The predicted octanol–water partition coefficient (Wildman–Crippen LogP) is 3.99. The highest BCUT2D eigenvalue weighted by atomic mass is 79.9. The number of rotatable bonds is 2. The number of anilines is 2. The molecule has 1 aromatic heterocycles. The fraction of sp³-hybridized carbons (Fsp3) is 0.100. The van der Waals surface area contributed by atoms with Gasteiger partial charge in [-0.3, -0.25) is 0 Å². The van der Waals surface area contributed by atoms with Crippen molar-refractivity contribution in [2.75, 3.05) is 5.32 Å². The third-order valence-electron chi connectivity index (χ3n) is 1.91. The highest BCUT2D eigenvalue weighted by molar-refractivity contribution is 9.11. The second-order valence-corrected chi connectivity index (χ2v) is 4.85. The summed E-state index contributed by atoms with van der Waals surface area (Å²) in [6, 6.07) is 5.92. The summed E-state index contributed by atoms with van der Waals surface area (Å²) in [7, 11) is 0. The monoisotopic (exact) mass is 329 g/mol. The van der Waals surface area contributed by atoms with E-state index in [2.05, 4.69) is 47.1 Å². The highest BCUT2D eigenvalue weighted by Crippen LogP contribution is 2.32. The number of halogens is 2. The lowest BCUT2D eigenvalue weighted by Gasteiger charge is -2.07. The van der Waals surface area contributed by atoms with Crippen molar-refractivity contribution in [3.8, 4) is 0 Å². The summed E-state index contributed by atoms with van der Waals surface area (Å²) in [5.74, 6) is 0.736. The van der Waals surface area contributed by atoms with E-state index >= 15 is 0 Å². The van der Waals surface area contributed by atoms with Crippen molar-refractivity contribution < 1.29 is 0 Å². The van der Waals surface area contributed by atoms with E-state index in [1.807, 2.05) is 25.1 Å². The van der Waals surface area contributed by atoms with Crippen LogP contribution in [-0.4, -0.2) is 9.97 Å². The van der Waals surface area contributed by atoms with Crippen molar-refractivity contribution in [3.05, 3.63) is 39.0 Å². The average molecular weight is 331 g/mol. The number of aromatic nitrogens is 2. The van der Waals surface area contributed by atoms with Gasteiger partial charge in [0.1, 0.15) is 0 Å². The molecule has 0 unspecified atom stereocenters. The number of imidazole rings is 1. The summed E-state index contributed by atoms with van der Waals surface area (Å²) in [5.41, 5.74) is 1.99. The number of aryl methyl sites for hydroxylation is 1. The second-order valence-electron chi connectivity index (χ2n) is 3.14. The van der Waals surface area contributed by atoms with Crippen LogP contribution in [0.4, 0.5) is 11.6 Å². The minimum absolute atomic E-state index is 0.736. The lowest BCUT2D eigenvalue weighted by Crippen LogP contribution is -1.94. The maximum atomic E-state index is 4.18. The second kappa shape index (κ2) is 4.37. The Kier molecular flexibility index (Phi) is 3.11. The van der Waals surface area contributed by atoms with Gasteiger partial charge in [0.2, 0.25) is 5.95 Å². The largest absolute Gasteiger partial charge is 0.328 e. The van der Waals surface area contributed by atoms with Gasteiger partial charge in [-0.1, -0.05) is 6.07 Å². The van der Waals surface area contributed by atoms with E-state index in [1.54, 1.807) is 6.20 Å². The number of nitrogens with one attached hydrogen (secondary N) is 2. The van der Waals surface area contributed by atoms with Gasteiger partial charge in [-0.2, -0.15) is 0 Å². The van der Waals surface area contributed by atoms with Crippen LogP contribution in [0.5, 0.6) is 0 Å². The van der Waals surface area contributed by atoms with Gasteiger partial charge < -0.3 is 10.3 Å². The van der Waals surface area contributed by atoms with Crippen LogP contribution in [0.2, 0.25) is 0 Å². The fourth-order valence-electron chi connectivity index (χ4n) is 1.21. The molecule has 5 heteroatoms. The first-order valence-corrected chi connectivity index (χ1v) is 5.98. The zero-order valence-corrected chi connectivity index (χ0v) is 11.2. The smallest absolute Gasteiger partial charge is 0.204 e. The van der Waals surface area contributed by atoms with Crippen LogP contribution in [0.25, 0.3) is 0 Å². The molecule has 1 aromatic carbocycles. The molecule has 0 atom stereocenters. The van der Waals surface area contributed by atoms with Crippen molar-refractivity contribution in [2.24, 2.45) is 0 Å². The van der Waals surface area contributed by atoms with Gasteiger partial charge in [0, 0.05) is 20.8 Å². The Bertz CT molecular complexity index is 459. The van der Waals surface area contributed by atoms with Crippen LogP contribution in [0.1, 0.15) is 5.69 Å². The Labute approximate surface area is 105 Å². The molecular formula is C10H9Br2N3. The fourth-order valence-corrected chi connectivity index (χ4v) is 2.41. The number of hydrogen-bond acceptors (Lipinski definition) is 2. The Morgan fingerprint density at radius 1 is 1.27 bits per heavy atom. The van der Waals surface area contributed by atoms with Crippen molar-refractivity contribution in [1.29, 1.82) is 0 Å². The van der Waals surface area contributed by atoms with Crippen molar-refractivity contribution in [2.45, 2.75) is 6.92 Å². The zero-order chi connectivity index (χ0) is 10.8. The molecule has 0 amide bonds. The molecule has 0 fully saturated rings. The molecule has 0 saturated heterocycles. The highest BCUT2D eigenvalue weighted by Gasteiger charge is 2.05. The topological polar surface area (TPSA) is 40.7 Å². The van der Waals surface area contributed by atoms with Gasteiger partial charge in [-0.05, 0) is 50.9 Å². The Morgan fingerprint density at radius 2 is 1.93 bits per heavy atom. The van der Waals surface area contributed by atoms with Gasteiger partial charge >= 0.3 is 0 Å². The predicted molar refractivity (Wildman–Crippen MR) is 68.4 cm³/mol. The van der Waals surface area contributed by atoms with Gasteiger partial charge in [0.25, 0.3) is 0 Å². The molecule has 0 bridgehead atoms. The maximum absolute atomic E-state index is 4.18. The molecule has 0 radical (unpaired) electrons. The van der Waals surface area contributed by atoms with E-state index in [9.17, 15) is 0 Å². The van der Waals surface area contributed by atoms with Crippen LogP contribution in [-0.2, 0) is 0 Å². The third kappa shape index (κ3) is 2.41. The molecule has 1 heterocycles. The summed E-state index contributed by atoms with van der Waals surface area (Å²) in [6.45, 7) is 1.97. The normalized spacial score (nSPS) is 10.3. The van der Waals surface area contributed by atoms with Crippen LogP contribution in [0.3, 0.4) is 0 Å². The zero-order valence-electron chi connectivity index (χ0n) is 8.01. The van der Waals surface area contributed by atoms with Crippen molar-refractivity contribution >= 4 is 43.5 Å². The number of aromatic amines is 1. The summed E-state index contributed by atoms with van der Waals surface area (Å²) in [6.07, 6.45) is 1.78. The number of benzene rings is 1. The van der Waals surface area contributed by atoms with Crippen LogP contribution >= 0.6 is 31.9 Å². The number of hydrogen-bond donors (Lipinski definition) is 2. The summed E-state index contributed by atoms with van der Waals surface area (Å²) >= 11 is 6.95. The first-order valence-electron chi connectivity index (χ1n) is 4.39. The molecule has 0 saturated carbocycles. The Hall–Kier alpha value is -0.810. The van der Waals surface area contributed by atoms with E-state index in [1.165, 1.54) is 0 Å². The number of nitrogens with zero attached hydrogens (tertiary/aromatic N) is 1. The average Bonchev–Trinajstić information content (AvgIpc) is 2.58. The van der Waals surface area contributed by atoms with E-state index in [0.717, 1.165) is 26.3 Å². The van der Waals surface area contributed by atoms with E-state index in [-0.39, 0.29) is 0 Å². The molecular weight excluding hydrogens is 322 g/mol. The van der Waals surface area contributed by atoms with Gasteiger partial charge in [0.05, 0.1) is 5.69 Å². The Balaban J connectivity index is 2.31. The lowest BCUT2D eigenvalue weighted by atomic mass is 10.3. The third-order valence-corrected chi connectivity index (χ3v) is 3.23. The molecule has 2 N–H and O–H groups in total. The molecule has 2 aromatic rings. The first kappa shape index (κ1) is 10.7. The van der Waals surface area contributed by atoms with Crippen LogP contribution in [0.15, 0.2) is 33.3 Å². The maximum Gasteiger partial charge on any atom is 0.204 e. The molecule has 0 aliphatic heterocycles. The van der Waals surface area contributed by atoms with Crippen molar-refractivity contribution in [1.82, 2.24) is 9.97 Å². The quantitative estimate of drug-likeness (QED) is 0.874. The number of H-pyrrole nitrogens is 1. The van der Waals surface area contributed by atoms with Gasteiger partial charge in [0.15, 0.2) is 0 Å². The van der Waals surface area contributed by atoms with Gasteiger partial charge in [-0.25, -0.2) is 4.98 Å². The van der Waals surface area contributed by atoms with E-state index in [4.69, 9.17) is 0 Å². The summed E-state index contributed by atoms with van der Waals surface area (Å²) in [4.78, 5) is 7.30. The van der Waals surface area contributed by atoms with E-state index in [0.29, 0.717) is 0 Å². The summed E-state index contributed by atoms with van der Waals surface area (Å²) < 4.78 is 1.98. The molecule has 15 heavy (non-hydrogen) atoms. The number of para-hydroxylation sites is 1. The van der Waals surface area contributed by atoms with Crippen LogP contribution < -0.4 is 5.32 Å². The van der Waals surface area contributed by atoms with E-state index < -0.39 is 0 Å². The lowest BCUT2D eigenvalue weighted by molar-refractivity contribution is 1.24. The molecule has 0 aliphatic rings. The minimum atomic E-state index is 0.736. The molecule has 0 aliphatic carbocycles. The summed E-state index contributed by atoms with van der Waals surface area (Å²) in [5, 5.41) is 3.20. The molecule has 78 valence electrons. The first-order chi connectivity index (χ1) is 7.16.